The Hall–Kier alpha value is 0.885. The van der Waals surface area contributed by atoms with E-state index in [1.807, 2.05) is 0 Å². The van der Waals surface area contributed by atoms with E-state index in [1.165, 1.54) is 0 Å². The summed E-state index contributed by atoms with van der Waals surface area (Å²) in [6, 6.07) is 0. The Morgan fingerprint density at radius 2 is 1.78 bits per heavy atom. The summed E-state index contributed by atoms with van der Waals surface area (Å²) in [4.78, 5) is 0. The molecular formula is C10H17BCaO11+2. The Morgan fingerprint density at radius 1 is 1.13 bits per heavy atom. The second-order valence-electron chi connectivity index (χ2n) is 5.42. The van der Waals surface area contributed by atoms with Crippen LogP contribution in [0.15, 0.2) is 0 Å². The van der Waals surface area contributed by atoms with Crippen molar-refractivity contribution in [2.24, 2.45) is 0 Å². The SMILES string of the molecule is OC[C@H]1OC2(C[C@H]1O)O[10B](OC[C@]1(O)O[C@H](O)[C@@H](O)[C@@H]1O)O2.[Ca+2]. The first kappa shape index (κ1) is 20.2. The van der Waals surface area contributed by atoms with Crippen LogP contribution in [-0.2, 0) is 23.4 Å². The standard InChI is InChI=1S/C10H17BO11.Ca/c12-2-5-4(13)1-10(19-5)21-11(22-10)18-3-9(17)7(15)6(14)8(16)20-9;/h4-8,12-17H,1-3H2;/q;+2/t4-,5-,6+,7+,8+,9+;/m1./s1/i11-1;. The molecule has 13 heteroatoms. The van der Waals surface area contributed by atoms with E-state index < -0.39 is 63.0 Å². The minimum atomic E-state index is -2.32. The minimum Gasteiger partial charge on any atom is -0.394 e. The van der Waals surface area contributed by atoms with Crippen LogP contribution < -0.4 is 0 Å². The Labute approximate surface area is 160 Å². The fourth-order valence-electron chi connectivity index (χ4n) is 2.50. The fraction of sp³-hybridized carbons (Fsp3) is 1.00. The van der Waals surface area contributed by atoms with E-state index in [4.69, 9.17) is 23.8 Å². The molecule has 1 spiro atoms. The molecule has 0 unspecified atom stereocenters. The van der Waals surface area contributed by atoms with Gasteiger partial charge in [0, 0.05) is 0 Å². The molecule has 3 fully saturated rings. The van der Waals surface area contributed by atoms with Gasteiger partial charge in [-0.25, -0.2) is 0 Å². The maximum Gasteiger partial charge on any atom is 2.00 e. The summed E-state index contributed by atoms with van der Waals surface area (Å²) in [6.07, 6.45) is -7.03. The van der Waals surface area contributed by atoms with Gasteiger partial charge in [0.05, 0.1) is 25.7 Å². The van der Waals surface area contributed by atoms with Gasteiger partial charge < -0.3 is 54.1 Å². The van der Waals surface area contributed by atoms with Crippen molar-refractivity contribution in [3.05, 3.63) is 0 Å². The summed E-state index contributed by atoms with van der Waals surface area (Å²) in [5.74, 6) is -3.84. The van der Waals surface area contributed by atoms with Crippen LogP contribution >= 0.6 is 0 Å². The van der Waals surface area contributed by atoms with Gasteiger partial charge in [0.25, 0.3) is 5.97 Å². The molecule has 6 atom stereocenters. The molecule has 0 bridgehead atoms. The minimum absolute atomic E-state index is 0. The summed E-state index contributed by atoms with van der Waals surface area (Å²) in [5, 5.41) is 56.5. The molecule has 0 radical (unpaired) electrons. The van der Waals surface area contributed by atoms with Gasteiger partial charge in [-0.05, 0) is 0 Å². The molecule has 0 aliphatic carbocycles. The number of rotatable bonds is 4. The average molecular weight is 363 g/mol. The summed E-state index contributed by atoms with van der Waals surface area (Å²) < 4.78 is 25.2. The summed E-state index contributed by atoms with van der Waals surface area (Å²) in [5.41, 5.74) is 0. The zero-order valence-electron chi connectivity index (χ0n) is 12.0. The van der Waals surface area contributed by atoms with Gasteiger partial charge in [-0.15, -0.1) is 0 Å². The van der Waals surface area contributed by atoms with Crippen LogP contribution in [0.5, 0.6) is 0 Å². The predicted molar refractivity (Wildman–Crippen MR) is 69.0 cm³/mol. The molecule has 3 aliphatic heterocycles. The van der Waals surface area contributed by atoms with Crippen LogP contribution in [0.4, 0.5) is 0 Å². The first-order chi connectivity index (χ1) is 10.3. The van der Waals surface area contributed by atoms with E-state index in [-0.39, 0.29) is 44.2 Å². The molecule has 11 nitrogen and oxygen atoms in total. The van der Waals surface area contributed by atoms with Crippen LogP contribution in [0.25, 0.3) is 0 Å². The molecule has 0 aromatic rings. The topological polar surface area (TPSA) is 168 Å². The molecule has 0 amide bonds. The summed E-state index contributed by atoms with van der Waals surface area (Å²) in [7, 11) is -1.26. The van der Waals surface area contributed by atoms with E-state index in [2.05, 4.69) is 4.74 Å². The number of hydrogen-bond donors (Lipinski definition) is 6. The largest absolute Gasteiger partial charge is 2.00 e. The van der Waals surface area contributed by atoms with E-state index in [9.17, 15) is 25.5 Å². The zero-order valence-corrected chi connectivity index (χ0v) is 14.2. The molecule has 0 aromatic heterocycles. The van der Waals surface area contributed by atoms with Crippen LogP contribution in [0.1, 0.15) is 6.42 Å². The van der Waals surface area contributed by atoms with Crippen molar-refractivity contribution >= 4 is 45.1 Å². The van der Waals surface area contributed by atoms with Gasteiger partial charge in [-0.2, -0.15) is 0 Å². The Bertz CT molecular complexity index is 424. The van der Waals surface area contributed by atoms with Crippen molar-refractivity contribution in [2.75, 3.05) is 13.2 Å². The van der Waals surface area contributed by atoms with Crippen molar-refractivity contribution in [2.45, 2.75) is 48.9 Å². The molecule has 0 aromatic carbocycles. The maximum atomic E-state index is 9.92. The molecule has 3 heterocycles. The van der Waals surface area contributed by atoms with Crippen molar-refractivity contribution in [3.8, 4) is 0 Å². The first-order valence-electron chi connectivity index (χ1n) is 6.67. The smallest absolute Gasteiger partial charge is 0.394 e. The van der Waals surface area contributed by atoms with Crippen LogP contribution in [-0.4, -0.2) is 131 Å². The van der Waals surface area contributed by atoms with Crippen molar-refractivity contribution in [1.82, 2.24) is 0 Å². The molecule has 3 aliphatic rings. The normalized spacial score (nSPS) is 45.1. The van der Waals surface area contributed by atoms with Gasteiger partial charge in [0.2, 0.25) is 5.79 Å². The Balaban J connectivity index is 0.00000192. The molecule has 23 heavy (non-hydrogen) atoms. The zero-order chi connectivity index (χ0) is 16.1. The molecule has 0 saturated carbocycles. The van der Waals surface area contributed by atoms with Crippen molar-refractivity contribution in [3.63, 3.8) is 0 Å². The third-order valence-electron chi connectivity index (χ3n) is 3.78. The van der Waals surface area contributed by atoms with Crippen LogP contribution in [0.3, 0.4) is 0 Å². The molecule has 3 rings (SSSR count). The molecule has 3 saturated heterocycles. The predicted octanol–water partition coefficient (Wildman–Crippen LogP) is -4.79. The van der Waals surface area contributed by atoms with Gasteiger partial charge in [0.1, 0.15) is 18.3 Å². The summed E-state index contributed by atoms with van der Waals surface area (Å²) in [6.45, 7) is -1.06. The Morgan fingerprint density at radius 3 is 2.26 bits per heavy atom. The number of hydrogen-bond acceptors (Lipinski definition) is 11. The third kappa shape index (κ3) is 3.71. The molecule has 6 N–H and O–H groups in total. The third-order valence-corrected chi connectivity index (χ3v) is 3.78. The number of aliphatic hydroxyl groups is 6. The fourth-order valence-corrected chi connectivity index (χ4v) is 2.50. The van der Waals surface area contributed by atoms with Gasteiger partial charge in [-0.1, -0.05) is 0 Å². The number of ether oxygens (including phenoxy) is 2. The van der Waals surface area contributed by atoms with Crippen LogP contribution in [0.2, 0.25) is 0 Å². The van der Waals surface area contributed by atoms with Gasteiger partial charge in [-0.3, -0.25) is 0 Å². The van der Waals surface area contributed by atoms with E-state index >= 15 is 0 Å². The van der Waals surface area contributed by atoms with E-state index in [0.29, 0.717) is 0 Å². The second-order valence-corrected chi connectivity index (χ2v) is 5.42. The average Bonchev–Trinajstić information content (AvgIpc) is 2.87. The second kappa shape index (κ2) is 7.25. The van der Waals surface area contributed by atoms with Crippen molar-refractivity contribution in [1.29, 1.82) is 0 Å². The Kier molecular flexibility index (Phi) is 6.37. The number of aliphatic hydroxyl groups excluding tert-OH is 5. The van der Waals surface area contributed by atoms with Crippen molar-refractivity contribution < 1.29 is 54.1 Å². The van der Waals surface area contributed by atoms with E-state index in [1.54, 1.807) is 0 Å². The summed E-state index contributed by atoms with van der Waals surface area (Å²) >= 11 is 0. The molecule has 126 valence electrons. The van der Waals surface area contributed by atoms with Gasteiger partial charge in [0.15, 0.2) is 6.29 Å². The molecular weight excluding hydrogens is 346 g/mol. The van der Waals surface area contributed by atoms with Gasteiger partial charge >= 0.3 is 45.1 Å². The first-order valence-corrected chi connectivity index (χ1v) is 6.67. The van der Waals surface area contributed by atoms with E-state index in [0.717, 1.165) is 0 Å². The monoisotopic (exact) mass is 363 g/mol. The quantitative estimate of drug-likeness (QED) is 0.265. The van der Waals surface area contributed by atoms with Crippen LogP contribution in [0, 0.1) is 0 Å². The maximum absolute atomic E-state index is 9.92.